The molecule has 0 unspecified atom stereocenters. The van der Waals surface area contributed by atoms with Crippen molar-refractivity contribution in [2.24, 2.45) is 0 Å². The van der Waals surface area contributed by atoms with Crippen molar-refractivity contribution in [3.63, 3.8) is 0 Å². The summed E-state index contributed by atoms with van der Waals surface area (Å²) in [5.41, 5.74) is 8.66. The Morgan fingerprint density at radius 1 is 1.08 bits per heavy atom. The summed E-state index contributed by atoms with van der Waals surface area (Å²) in [6.45, 7) is 2.19. The average Bonchev–Trinajstić information content (AvgIpc) is 2.58. The quantitative estimate of drug-likeness (QED) is 0.756. The molecule has 1 aliphatic rings. The molecule has 0 saturated carbocycles. The Balaban J connectivity index is 1.71. The van der Waals surface area contributed by atoms with Crippen molar-refractivity contribution in [3.8, 4) is 0 Å². The van der Waals surface area contributed by atoms with E-state index in [1.165, 1.54) is 0 Å². The van der Waals surface area contributed by atoms with Crippen LogP contribution < -0.4 is 16.4 Å². The largest absolute Gasteiger partial charge is 0.399 e. The van der Waals surface area contributed by atoms with Crippen LogP contribution in [0.25, 0.3) is 0 Å². The predicted octanol–water partition coefficient (Wildman–Crippen LogP) is 3.03. The highest BCUT2D eigenvalue weighted by Gasteiger charge is 2.18. The molecule has 0 spiro atoms. The third-order valence-corrected chi connectivity index (χ3v) is 4.40. The second kappa shape index (κ2) is 7.36. The summed E-state index contributed by atoms with van der Waals surface area (Å²) < 4.78 is 0. The van der Waals surface area contributed by atoms with Gasteiger partial charge in [0.25, 0.3) is 5.91 Å². The first kappa shape index (κ1) is 16.3. The van der Waals surface area contributed by atoms with Crippen molar-refractivity contribution >= 4 is 23.0 Å². The number of piperidine rings is 1. The molecule has 0 radical (unpaired) electrons. The average molecular weight is 324 g/mol. The predicted molar refractivity (Wildman–Crippen MR) is 99.4 cm³/mol. The van der Waals surface area contributed by atoms with Crippen LogP contribution in [0.5, 0.6) is 0 Å². The summed E-state index contributed by atoms with van der Waals surface area (Å²) >= 11 is 0. The lowest BCUT2D eigenvalue weighted by molar-refractivity contribution is 0.102. The number of hydrogen-bond acceptors (Lipinski definition) is 4. The summed E-state index contributed by atoms with van der Waals surface area (Å²) in [7, 11) is 2.15. The summed E-state index contributed by atoms with van der Waals surface area (Å²) in [6, 6.07) is 15.3. The molecule has 5 nitrogen and oxygen atoms in total. The molecule has 5 heteroatoms. The number of likely N-dealkylation sites (tertiary alicyclic amines) is 1. The third-order valence-electron chi connectivity index (χ3n) is 4.40. The van der Waals surface area contributed by atoms with E-state index in [0.29, 0.717) is 17.3 Å². The van der Waals surface area contributed by atoms with Crippen LogP contribution in [0.2, 0.25) is 0 Å². The molecule has 1 aliphatic heterocycles. The second-order valence-corrected chi connectivity index (χ2v) is 6.35. The van der Waals surface area contributed by atoms with E-state index < -0.39 is 0 Å². The fourth-order valence-corrected chi connectivity index (χ4v) is 2.97. The Morgan fingerprint density at radius 2 is 1.79 bits per heavy atom. The normalized spacial score (nSPS) is 15.9. The molecule has 0 aromatic heterocycles. The van der Waals surface area contributed by atoms with Crippen molar-refractivity contribution in [3.05, 3.63) is 54.1 Å². The number of benzene rings is 2. The molecule has 2 aromatic carbocycles. The highest BCUT2D eigenvalue weighted by molar-refractivity contribution is 6.06. The van der Waals surface area contributed by atoms with Gasteiger partial charge in [-0.2, -0.15) is 0 Å². The van der Waals surface area contributed by atoms with Crippen LogP contribution in [-0.4, -0.2) is 37.0 Å². The number of amides is 1. The molecule has 2 aromatic rings. The second-order valence-electron chi connectivity index (χ2n) is 6.35. The fourth-order valence-electron chi connectivity index (χ4n) is 2.97. The summed E-state index contributed by atoms with van der Waals surface area (Å²) in [6.07, 6.45) is 2.21. The number of para-hydroxylation sites is 2. The molecule has 1 heterocycles. The molecule has 24 heavy (non-hydrogen) atoms. The zero-order valence-corrected chi connectivity index (χ0v) is 14.0. The van der Waals surface area contributed by atoms with Crippen molar-refractivity contribution in [1.82, 2.24) is 4.90 Å². The van der Waals surface area contributed by atoms with E-state index in [1.54, 1.807) is 24.3 Å². The van der Waals surface area contributed by atoms with E-state index in [2.05, 4.69) is 22.6 Å². The monoisotopic (exact) mass is 324 g/mol. The van der Waals surface area contributed by atoms with Crippen LogP contribution >= 0.6 is 0 Å². The summed E-state index contributed by atoms with van der Waals surface area (Å²) in [5.74, 6) is -0.153. The maximum absolute atomic E-state index is 12.5. The number of rotatable bonds is 4. The van der Waals surface area contributed by atoms with Gasteiger partial charge in [0.05, 0.1) is 11.4 Å². The lowest BCUT2D eigenvalue weighted by Crippen LogP contribution is -2.36. The minimum Gasteiger partial charge on any atom is -0.399 e. The first-order valence-electron chi connectivity index (χ1n) is 8.33. The Labute approximate surface area is 142 Å². The number of carbonyl (C=O) groups is 1. The highest BCUT2D eigenvalue weighted by atomic mass is 16.1. The van der Waals surface area contributed by atoms with Gasteiger partial charge in [-0.05, 0) is 63.3 Å². The molecule has 3 rings (SSSR count). The number of nitrogen functional groups attached to an aromatic ring is 1. The van der Waals surface area contributed by atoms with Gasteiger partial charge in [0.2, 0.25) is 0 Å². The van der Waals surface area contributed by atoms with Crippen LogP contribution in [0.3, 0.4) is 0 Å². The van der Waals surface area contributed by atoms with E-state index in [9.17, 15) is 4.79 Å². The van der Waals surface area contributed by atoms with E-state index in [0.717, 1.165) is 37.3 Å². The van der Waals surface area contributed by atoms with E-state index in [4.69, 9.17) is 5.73 Å². The zero-order valence-electron chi connectivity index (χ0n) is 14.0. The van der Waals surface area contributed by atoms with Gasteiger partial charge in [0, 0.05) is 17.3 Å². The molecule has 0 aliphatic carbocycles. The van der Waals surface area contributed by atoms with Crippen LogP contribution in [0.15, 0.2) is 48.5 Å². The maximum atomic E-state index is 12.5. The first-order chi connectivity index (χ1) is 11.6. The smallest absolute Gasteiger partial charge is 0.255 e. The number of nitrogens with one attached hydrogen (secondary N) is 2. The first-order valence-corrected chi connectivity index (χ1v) is 8.33. The van der Waals surface area contributed by atoms with Gasteiger partial charge in [0.1, 0.15) is 0 Å². The fraction of sp³-hybridized carbons (Fsp3) is 0.316. The van der Waals surface area contributed by atoms with Gasteiger partial charge in [-0.25, -0.2) is 0 Å². The van der Waals surface area contributed by atoms with Crippen molar-refractivity contribution in [2.75, 3.05) is 36.5 Å². The Hall–Kier alpha value is -2.53. The molecule has 126 valence electrons. The van der Waals surface area contributed by atoms with Gasteiger partial charge in [0.15, 0.2) is 0 Å². The minimum atomic E-state index is -0.153. The molecule has 1 amide bonds. The number of hydrogen-bond donors (Lipinski definition) is 3. The molecule has 4 N–H and O–H groups in total. The number of carbonyl (C=O) groups excluding carboxylic acids is 1. The summed E-state index contributed by atoms with van der Waals surface area (Å²) in [4.78, 5) is 14.8. The molecule has 1 saturated heterocycles. The topological polar surface area (TPSA) is 70.4 Å². The van der Waals surface area contributed by atoms with Crippen LogP contribution in [-0.2, 0) is 0 Å². The van der Waals surface area contributed by atoms with Crippen LogP contribution in [0, 0.1) is 0 Å². The molecular weight excluding hydrogens is 300 g/mol. The summed E-state index contributed by atoms with van der Waals surface area (Å²) in [5, 5.41) is 6.56. The number of anilines is 3. The van der Waals surface area contributed by atoms with Gasteiger partial charge < -0.3 is 21.3 Å². The van der Waals surface area contributed by atoms with Crippen LogP contribution in [0.1, 0.15) is 23.2 Å². The highest BCUT2D eigenvalue weighted by Crippen LogP contribution is 2.25. The third kappa shape index (κ3) is 4.06. The Morgan fingerprint density at radius 3 is 2.50 bits per heavy atom. The van der Waals surface area contributed by atoms with E-state index >= 15 is 0 Å². The Kier molecular flexibility index (Phi) is 5.01. The van der Waals surface area contributed by atoms with E-state index in [-0.39, 0.29) is 5.91 Å². The maximum Gasteiger partial charge on any atom is 0.255 e. The van der Waals surface area contributed by atoms with E-state index in [1.807, 2.05) is 24.3 Å². The standard InChI is InChI=1S/C19H24N4O/c1-23-11-9-16(10-12-23)21-17-7-2-3-8-18(17)22-19(24)14-5-4-6-15(20)13-14/h2-8,13,16,21H,9-12,20H2,1H3,(H,22,24). The van der Waals surface area contributed by atoms with Gasteiger partial charge in [-0.3, -0.25) is 4.79 Å². The van der Waals surface area contributed by atoms with Gasteiger partial charge >= 0.3 is 0 Å². The SMILES string of the molecule is CN1CCC(Nc2ccccc2NC(=O)c2cccc(N)c2)CC1. The molecule has 0 atom stereocenters. The zero-order chi connectivity index (χ0) is 16.9. The molecule has 1 fully saturated rings. The Bertz CT molecular complexity index is 708. The van der Waals surface area contributed by atoms with Gasteiger partial charge in [-0.1, -0.05) is 18.2 Å². The van der Waals surface area contributed by atoms with Crippen LogP contribution in [0.4, 0.5) is 17.1 Å². The number of nitrogens with two attached hydrogens (primary N) is 1. The minimum absolute atomic E-state index is 0.153. The molecule has 0 bridgehead atoms. The van der Waals surface area contributed by atoms with Crippen molar-refractivity contribution in [1.29, 1.82) is 0 Å². The lowest BCUT2D eigenvalue weighted by atomic mass is 10.0. The number of nitrogens with zero attached hydrogens (tertiary/aromatic N) is 1. The van der Waals surface area contributed by atoms with Gasteiger partial charge in [-0.15, -0.1) is 0 Å². The molecular formula is C19H24N4O. The van der Waals surface area contributed by atoms with Crippen molar-refractivity contribution < 1.29 is 4.79 Å². The lowest BCUT2D eigenvalue weighted by Gasteiger charge is -2.30. The van der Waals surface area contributed by atoms with Crippen molar-refractivity contribution in [2.45, 2.75) is 18.9 Å².